The molecule has 5 heteroatoms. The number of amides is 1. The largest absolute Gasteiger partial charge is 0.444 e. The predicted molar refractivity (Wildman–Crippen MR) is 75.6 cm³/mol. The summed E-state index contributed by atoms with van der Waals surface area (Å²) in [5.74, 6) is 0.730. The topological polar surface area (TPSA) is 50.8 Å². The lowest BCUT2D eigenvalue weighted by Gasteiger charge is -2.42. The van der Waals surface area contributed by atoms with E-state index in [4.69, 9.17) is 9.47 Å². The van der Waals surface area contributed by atoms with Crippen LogP contribution in [0.5, 0.6) is 0 Å². The van der Waals surface area contributed by atoms with Crippen LogP contribution in [-0.4, -0.2) is 54.5 Å². The van der Waals surface area contributed by atoms with Crippen LogP contribution in [0.4, 0.5) is 4.79 Å². The number of rotatable bonds is 1. The van der Waals surface area contributed by atoms with E-state index in [1.54, 1.807) is 0 Å². The average Bonchev–Trinajstić information content (AvgIpc) is 3.10. The van der Waals surface area contributed by atoms with Gasteiger partial charge in [-0.2, -0.15) is 0 Å². The Morgan fingerprint density at radius 1 is 1.40 bits per heavy atom. The molecule has 0 aromatic rings. The van der Waals surface area contributed by atoms with Crippen molar-refractivity contribution in [3.05, 3.63) is 0 Å². The van der Waals surface area contributed by atoms with E-state index in [9.17, 15) is 4.79 Å². The van der Waals surface area contributed by atoms with Gasteiger partial charge in [0.1, 0.15) is 11.2 Å². The van der Waals surface area contributed by atoms with Crippen molar-refractivity contribution in [3.63, 3.8) is 0 Å². The lowest BCUT2D eigenvalue weighted by atomic mass is 9.88. The number of nitrogens with one attached hydrogen (secondary N) is 1. The summed E-state index contributed by atoms with van der Waals surface area (Å²) in [5.41, 5.74) is -0.620. The highest BCUT2D eigenvalue weighted by Gasteiger charge is 2.53. The number of likely N-dealkylation sites (tertiary alicyclic amines) is 1. The third-order valence-electron chi connectivity index (χ3n) is 4.43. The number of carbonyl (C=O) groups is 1. The molecule has 1 saturated carbocycles. The third kappa shape index (κ3) is 2.79. The molecule has 3 aliphatic rings. The number of ether oxygens (including phenoxy) is 2. The molecule has 2 aliphatic heterocycles. The van der Waals surface area contributed by atoms with Gasteiger partial charge in [0.25, 0.3) is 0 Å². The van der Waals surface area contributed by atoms with Crippen LogP contribution in [0.2, 0.25) is 0 Å². The molecule has 2 saturated heterocycles. The monoisotopic (exact) mass is 282 g/mol. The Bertz CT molecular complexity index is 389. The average molecular weight is 282 g/mol. The zero-order chi connectivity index (χ0) is 14.4. The van der Waals surface area contributed by atoms with Gasteiger partial charge in [-0.1, -0.05) is 0 Å². The number of nitrogens with zero attached hydrogens (tertiary/aromatic N) is 1. The molecule has 1 aliphatic carbocycles. The summed E-state index contributed by atoms with van der Waals surface area (Å²) in [6, 6.07) is 0.406. The second kappa shape index (κ2) is 4.88. The molecule has 1 amide bonds. The molecular weight excluding hydrogens is 256 g/mol. The fourth-order valence-electron chi connectivity index (χ4n) is 3.43. The molecule has 0 aromatic heterocycles. The highest BCUT2D eigenvalue weighted by atomic mass is 16.6. The molecule has 5 nitrogen and oxygen atoms in total. The highest BCUT2D eigenvalue weighted by molar-refractivity contribution is 5.68. The standard InChI is InChI=1S/C15H26N2O3/c1-14(2,3)20-13(18)17-8-6-15(10-17)12(11-4-5-11)16-7-9-19-15/h11-12,16H,4-10H2,1-3H3. The van der Waals surface area contributed by atoms with Gasteiger partial charge >= 0.3 is 6.09 Å². The second-order valence-corrected chi connectivity index (χ2v) is 7.33. The minimum absolute atomic E-state index is 0.184. The molecule has 3 rings (SSSR count). The lowest BCUT2D eigenvalue weighted by molar-refractivity contribution is -0.0939. The Morgan fingerprint density at radius 3 is 2.80 bits per heavy atom. The molecule has 20 heavy (non-hydrogen) atoms. The molecule has 2 unspecified atom stereocenters. The van der Waals surface area contributed by atoms with Crippen LogP contribution in [0.1, 0.15) is 40.0 Å². The summed E-state index contributed by atoms with van der Waals surface area (Å²) < 4.78 is 11.6. The van der Waals surface area contributed by atoms with Crippen molar-refractivity contribution < 1.29 is 14.3 Å². The quantitative estimate of drug-likeness (QED) is 0.796. The zero-order valence-electron chi connectivity index (χ0n) is 12.8. The molecule has 0 radical (unpaired) electrons. The minimum Gasteiger partial charge on any atom is -0.444 e. The van der Waals surface area contributed by atoms with Gasteiger partial charge in [0.15, 0.2) is 0 Å². The van der Waals surface area contributed by atoms with Crippen LogP contribution < -0.4 is 5.32 Å². The Labute approximate surface area is 121 Å². The minimum atomic E-state index is -0.436. The molecule has 0 aromatic carbocycles. The Hall–Kier alpha value is -0.810. The molecule has 114 valence electrons. The van der Waals surface area contributed by atoms with Crippen molar-refractivity contribution in [1.82, 2.24) is 10.2 Å². The third-order valence-corrected chi connectivity index (χ3v) is 4.43. The van der Waals surface area contributed by atoms with E-state index >= 15 is 0 Å². The summed E-state index contributed by atoms with van der Waals surface area (Å²) in [5, 5.41) is 3.62. The predicted octanol–water partition coefficient (Wildman–Crippen LogP) is 1.76. The van der Waals surface area contributed by atoms with Crippen molar-refractivity contribution in [2.45, 2.75) is 57.3 Å². The van der Waals surface area contributed by atoms with E-state index in [0.29, 0.717) is 12.6 Å². The summed E-state index contributed by atoms with van der Waals surface area (Å²) in [6.45, 7) is 8.78. The maximum absolute atomic E-state index is 12.2. The fourth-order valence-corrected chi connectivity index (χ4v) is 3.43. The van der Waals surface area contributed by atoms with Crippen molar-refractivity contribution in [3.8, 4) is 0 Å². The molecule has 1 N–H and O–H groups in total. The molecule has 3 fully saturated rings. The summed E-state index contributed by atoms with van der Waals surface area (Å²) in [6.07, 6.45) is 3.28. The van der Waals surface area contributed by atoms with Gasteiger partial charge in [-0.3, -0.25) is 0 Å². The van der Waals surface area contributed by atoms with E-state index < -0.39 is 5.60 Å². The smallest absolute Gasteiger partial charge is 0.410 e. The van der Waals surface area contributed by atoms with Crippen LogP contribution in [0.25, 0.3) is 0 Å². The zero-order valence-corrected chi connectivity index (χ0v) is 12.8. The summed E-state index contributed by atoms with van der Waals surface area (Å²) in [7, 11) is 0. The van der Waals surface area contributed by atoms with Gasteiger partial charge < -0.3 is 19.7 Å². The fraction of sp³-hybridized carbons (Fsp3) is 0.933. The van der Waals surface area contributed by atoms with Crippen molar-refractivity contribution in [1.29, 1.82) is 0 Å². The van der Waals surface area contributed by atoms with Gasteiger partial charge in [-0.05, 0) is 46.0 Å². The van der Waals surface area contributed by atoms with Crippen molar-refractivity contribution in [2.24, 2.45) is 5.92 Å². The van der Waals surface area contributed by atoms with Crippen molar-refractivity contribution in [2.75, 3.05) is 26.2 Å². The number of morpholine rings is 1. The molecule has 2 atom stereocenters. The van der Waals surface area contributed by atoms with Gasteiger partial charge in [0.05, 0.1) is 13.2 Å². The Balaban J connectivity index is 1.66. The number of hydrogen-bond donors (Lipinski definition) is 1. The van der Waals surface area contributed by atoms with Gasteiger partial charge in [-0.25, -0.2) is 4.79 Å². The van der Waals surface area contributed by atoms with E-state index in [1.807, 2.05) is 25.7 Å². The second-order valence-electron chi connectivity index (χ2n) is 7.33. The highest BCUT2D eigenvalue weighted by Crippen LogP contribution is 2.43. The first-order chi connectivity index (χ1) is 9.40. The van der Waals surface area contributed by atoms with Gasteiger partial charge in [-0.15, -0.1) is 0 Å². The van der Waals surface area contributed by atoms with E-state index in [1.165, 1.54) is 12.8 Å². The van der Waals surface area contributed by atoms with Gasteiger partial charge in [0.2, 0.25) is 0 Å². The normalized spacial score (nSPS) is 34.5. The number of hydrogen-bond acceptors (Lipinski definition) is 4. The molecule has 0 bridgehead atoms. The Morgan fingerprint density at radius 2 is 2.15 bits per heavy atom. The Kier molecular flexibility index (Phi) is 3.45. The first kappa shape index (κ1) is 14.1. The van der Waals surface area contributed by atoms with Crippen LogP contribution in [-0.2, 0) is 9.47 Å². The molecule has 1 spiro atoms. The van der Waals surface area contributed by atoms with E-state index in [0.717, 1.165) is 32.0 Å². The maximum Gasteiger partial charge on any atom is 0.410 e. The SMILES string of the molecule is CC(C)(C)OC(=O)N1CCC2(C1)OCCNC2C1CC1. The lowest BCUT2D eigenvalue weighted by Crippen LogP contribution is -2.60. The van der Waals surface area contributed by atoms with Crippen LogP contribution in [0.15, 0.2) is 0 Å². The van der Waals surface area contributed by atoms with Crippen molar-refractivity contribution >= 4 is 6.09 Å². The van der Waals surface area contributed by atoms with Crippen LogP contribution in [0.3, 0.4) is 0 Å². The van der Waals surface area contributed by atoms with Crippen LogP contribution >= 0.6 is 0 Å². The number of carbonyl (C=O) groups excluding carboxylic acids is 1. The summed E-state index contributed by atoms with van der Waals surface area (Å²) in [4.78, 5) is 14.0. The van der Waals surface area contributed by atoms with E-state index in [2.05, 4.69) is 5.32 Å². The molecular formula is C15H26N2O3. The first-order valence-electron chi connectivity index (χ1n) is 7.75. The summed E-state index contributed by atoms with van der Waals surface area (Å²) >= 11 is 0. The van der Waals surface area contributed by atoms with E-state index in [-0.39, 0.29) is 11.7 Å². The maximum atomic E-state index is 12.2. The first-order valence-corrected chi connectivity index (χ1v) is 7.75. The van der Waals surface area contributed by atoms with Gasteiger partial charge in [0, 0.05) is 19.1 Å². The van der Waals surface area contributed by atoms with Crippen LogP contribution in [0, 0.1) is 5.92 Å². The molecule has 2 heterocycles.